The van der Waals surface area contributed by atoms with Gasteiger partial charge in [-0.2, -0.15) is 4.31 Å². The molecule has 166 valence electrons. The summed E-state index contributed by atoms with van der Waals surface area (Å²) in [6.45, 7) is 0.672. The van der Waals surface area contributed by atoms with Crippen LogP contribution < -0.4 is 5.32 Å². The molecule has 0 bridgehead atoms. The van der Waals surface area contributed by atoms with E-state index >= 15 is 0 Å². The Morgan fingerprint density at radius 2 is 1.97 bits per heavy atom. The number of ether oxygens (including phenoxy) is 2. The Morgan fingerprint density at radius 3 is 2.71 bits per heavy atom. The lowest BCUT2D eigenvalue weighted by Gasteiger charge is -2.26. The number of benzene rings is 1. The SMILES string of the molecule is O=C(COC(=O)c1cc2c(s1)CCC2)Nc1cc(S(=O)(=O)N2CCOCC2)ccc1Cl. The highest BCUT2D eigenvalue weighted by Crippen LogP contribution is 2.31. The molecule has 0 unspecified atom stereocenters. The molecule has 1 amide bonds. The molecule has 0 atom stereocenters. The minimum Gasteiger partial charge on any atom is -0.451 e. The van der Waals surface area contributed by atoms with Crippen LogP contribution in [0.2, 0.25) is 5.02 Å². The van der Waals surface area contributed by atoms with Crippen LogP contribution in [0, 0.1) is 0 Å². The maximum Gasteiger partial charge on any atom is 0.348 e. The number of rotatable bonds is 6. The minimum absolute atomic E-state index is 0.0131. The lowest BCUT2D eigenvalue weighted by atomic mass is 10.2. The molecule has 1 aromatic carbocycles. The van der Waals surface area contributed by atoms with Crippen LogP contribution in [-0.4, -0.2) is 57.5 Å². The van der Waals surface area contributed by atoms with Crippen LogP contribution in [0.4, 0.5) is 5.69 Å². The van der Waals surface area contributed by atoms with E-state index in [0.717, 1.165) is 19.3 Å². The molecule has 1 N–H and O–H groups in total. The van der Waals surface area contributed by atoms with E-state index in [4.69, 9.17) is 21.1 Å². The Labute approximate surface area is 189 Å². The van der Waals surface area contributed by atoms with Gasteiger partial charge in [-0.1, -0.05) is 11.6 Å². The van der Waals surface area contributed by atoms with Gasteiger partial charge in [0.25, 0.3) is 5.91 Å². The summed E-state index contributed by atoms with van der Waals surface area (Å²) >= 11 is 7.53. The molecule has 2 aliphatic rings. The van der Waals surface area contributed by atoms with Gasteiger partial charge in [-0.05, 0) is 49.1 Å². The molecule has 4 rings (SSSR count). The van der Waals surface area contributed by atoms with E-state index in [-0.39, 0.29) is 28.7 Å². The fourth-order valence-corrected chi connectivity index (χ4v) is 6.26. The fraction of sp³-hybridized carbons (Fsp3) is 0.400. The summed E-state index contributed by atoms with van der Waals surface area (Å²) in [4.78, 5) is 26.2. The van der Waals surface area contributed by atoms with Crippen molar-refractivity contribution in [3.63, 3.8) is 0 Å². The number of hydrogen-bond donors (Lipinski definition) is 1. The number of fused-ring (bicyclic) bond motifs is 1. The molecular formula is C20H21ClN2O6S2. The molecule has 0 radical (unpaired) electrons. The molecule has 1 aromatic heterocycles. The zero-order chi connectivity index (χ0) is 22.0. The average molecular weight is 485 g/mol. The Hall–Kier alpha value is -1.98. The van der Waals surface area contributed by atoms with Crippen LogP contribution >= 0.6 is 22.9 Å². The highest BCUT2D eigenvalue weighted by atomic mass is 35.5. The predicted molar refractivity (Wildman–Crippen MR) is 116 cm³/mol. The van der Waals surface area contributed by atoms with Crippen LogP contribution in [0.5, 0.6) is 0 Å². The molecule has 8 nitrogen and oxygen atoms in total. The second-order valence-corrected chi connectivity index (χ2v) is 10.7. The van der Waals surface area contributed by atoms with E-state index in [1.54, 1.807) is 0 Å². The Balaban J connectivity index is 1.39. The molecular weight excluding hydrogens is 464 g/mol. The molecule has 1 saturated heterocycles. The van der Waals surface area contributed by atoms with E-state index in [9.17, 15) is 18.0 Å². The number of carbonyl (C=O) groups is 2. The Bertz CT molecular complexity index is 1090. The number of aryl methyl sites for hydroxylation is 2. The third-order valence-electron chi connectivity index (χ3n) is 5.10. The molecule has 11 heteroatoms. The number of morpholine rings is 1. The number of nitrogens with one attached hydrogen (secondary N) is 1. The van der Waals surface area contributed by atoms with Gasteiger partial charge in [0, 0.05) is 18.0 Å². The van der Waals surface area contributed by atoms with Crippen LogP contribution in [0.3, 0.4) is 0 Å². The van der Waals surface area contributed by atoms with Gasteiger partial charge in [0.05, 0.1) is 28.8 Å². The first-order chi connectivity index (χ1) is 14.8. The molecule has 0 spiro atoms. The summed E-state index contributed by atoms with van der Waals surface area (Å²) in [5.41, 5.74) is 1.30. The molecule has 1 fully saturated rings. The van der Waals surface area contributed by atoms with Gasteiger partial charge < -0.3 is 14.8 Å². The fourth-order valence-electron chi connectivity index (χ4n) is 3.51. The third-order valence-corrected chi connectivity index (χ3v) is 8.54. The Morgan fingerprint density at radius 1 is 1.19 bits per heavy atom. The third kappa shape index (κ3) is 4.93. The second-order valence-electron chi connectivity index (χ2n) is 7.20. The summed E-state index contributed by atoms with van der Waals surface area (Å²) in [7, 11) is -3.74. The number of halogens is 1. The number of sulfonamides is 1. The first-order valence-electron chi connectivity index (χ1n) is 9.80. The van der Waals surface area contributed by atoms with E-state index in [0.29, 0.717) is 18.1 Å². The standard InChI is InChI=1S/C20H21ClN2O6S2/c21-15-5-4-14(31(26,27)23-6-8-28-9-7-23)11-16(15)22-19(24)12-29-20(25)18-10-13-2-1-3-17(13)30-18/h4-5,10-11H,1-3,6-9,12H2,(H,22,24). The first kappa shape index (κ1) is 22.2. The van der Waals surface area contributed by atoms with Crippen molar-refractivity contribution in [2.75, 3.05) is 38.2 Å². The number of esters is 1. The van der Waals surface area contributed by atoms with E-state index in [2.05, 4.69) is 5.32 Å². The van der Waals surface area contributed by atoms with Gasteiger partial charge in [-0.15, -0.1) is 11.3 Å². The van der Waals surface area contributed by atoms with Crippen LogP contribution in [0.25, 0.3) is 0 Å². The zero-order valence-corrected chi connectivity index (χ0v) is 18.9. The maximum atomic E-state index is 12.8. The lowest BCUT2D eigenvalue weighted by molar-refractivity contribution is -0.119. The predicted octanol–water partition coefficient (Wildman–Crippen LogP) is 2.71. The van der Waals surface area contributed by atoms with Gasteiger partial charge >= 0.3 is 5.97 Å². The summed E-state index contributed by atoms with van der Waals surface area (Å²) in [5, 5.41) is 2.70. The number of thiophene rings is 1. The summed E-state index contributed by atoms with van der Waals surface area (Å²) in [6, 6.07) is 5.92. The monoisotopic (exact) mass is 484 g/mol. The number of nitrogens with zero attached hydrogens (tertiary/aromatic N) is 1. The second kappa shape index (κ2) is 9.25. The van der Waals surface area contributed by atoms with Crippen LogP contribution in [-0.2, 0) is 37.1 Å². The summed E-state index contributed by atoms with van der Waals surface area (Å²) < 4.78 is 37.3. The number of hydrogen-bond acceptors (Lipinski definition) is 7. The smallest absolute Gasteiger partial charge is 0.348 e. The highest BCUT2D eigenvalue weighted by molar-refractivity contribution is 7.89. The van der Waals surface area contributed by atoms with Gasteiger partial charge in [-0.3, -0.25) is 4.79 Å². The van der Waals surface area contributed by atoms with Crippen LogP contribution in [0.15, 0.2) is 29.2 Å². The van der Waals surface area contributed by atoms with Crippen molar-refractivity contribution in [2.24, 2.45) is 0 Å². The van der Waals surface area contributed by atoms with E-state index in [1.165, 1.54) is 44.3 Å². The minimum atomic E-state index is -3.74. The highest BCUT2D eigenvalue weighted by Gasteiger charge is 2.27. The maximum absolute atomic E-state index is 12.8. The van der Waals surface area contributed by atoms with Crippen molar-refractivity contribution in [1.29, 1.82) is 0 Å². The van der Waals surface area contributed by atoms with Crippen molar-refractivity contribution in [3.8, 4) is 0 Å². The molecule has 0 saturated carbocycles. The van der Waals surface area contributed by atoms with Crippen molar-refractivity contribution in [2.45, 2.75) is 24.2 Å². The normalized spacial score (nSPS) is 16.7. The molecule has 31 heavy (non-hydrogen) atoms. The summed E-state index contributed by atoms with van der Waals surface area (Å²) in [5.74, 6) is -1.16. The topological polar surface area (TPSA) is 102 Å². The van der Waals surface area contributed by atoms with Crippen LogP contribution in [0.1, 0.15) is 26.5 Å². The van der Waals surface area contributed by atoms with Gasteiger partial charge in [0.15, 0.2) is 6.61 Å². The van der Waals surface area contributed by atoms with Crippen molar-refractivity contribution in [3.05, 3.63) is 44.6 Å². The van der Waals surface area contributed by atoms with Crippen molar-refractivity contribution >= 4 is 50.5 Å². The van der Waals surface area contributed by atoms with Crippen molar-refractivity contribution < 1.29 is 27.5 Å². The largest absolute Gasteiger partial charge is 0.451 e. The molecule has 2 aromatic rings. The van der Waals surface area contributed by atoms with E-state index in [1.807, 2.05) is 6.07 Å². The number of amides is 1. The van der Waals surface area contributed by atoms with Crippen molar-refractivity contribution in [1.82, 2.24) is 4.31 Å². The zero-order valence-electron chi connectivity index (χ0n) is 16.6. The van der Waals surface area contributed by atoms with Gasteiger partial charge in [-0.25, -0.2) is 13.2 Å². The quantitative estimate of drug-likeness (QED) is 0.632. The molecule has 1 aliphatic heterocycles. The van der Waals surface area contributed by atoms with Gasteiger partial charge in [0.2, 0.25) is 10.0 Å². The molecule has 1 aliphatic carbocycles. The molecule has 2 heterocycles. The Kier molecular flexibility index (Phi) is 6.63. The number of carbonyl (C=O) groups excluding carboxylic acids is 2. The first-order valence-corrected chi connectivity index (χ1v) is 12.4. The summed E-state index contributed by atoms with van der Waals surface area (Å²) in [6.07, 6.45) is 3.03. The average Bonchev–Trinajstić information content (AvgIpc) is 3.36. The van der Waals surface area contributed by atoms with Gasteiger partial charge in [0.1, 0.15) is 4.88 Å². The van der Waals surface area contributed by atoms with E-state index < -0.39 is 28.5 Å². The number of anilines is 1. The lowest BCUT2D eigenvalue weighted by Crippen LogP contribution is -2.40.